The molecule has 4 heteroatoms. The molecule has 0 saturated carbocycles. The summed E-state index contributed by atoms with van der Waals surface area (Å²) in [6, 6.07) is 33.6. The summed E-state index contributed by atoms with van der Waals surface area (Å²) in [7, 11) is 0. The highest BCUT2D eigenvalue weighted by atomic mass is 14.9. The van der Waals surface area contributed by atoms with Gasteiger partial charge in [-0.3, -0.25) is 0 Å². The Balaban J connectivity index is 1.36. The Morgan fingerprint density at radius 1 is 0.250 bits per heavy atom. The van der Waals surface area contributed by atoms with Crippen molar-refractivity contribution in [3.63, 3.8) is 0 Å². The van der Waals surface area contributed by atoms with E-state index in [1.807, 2.05) is 0 Å². The van der Waals surface area contributed by atoms with Crippen LogP contribution in [-0.4, -0.2) is 22.8 Å². The Kier molecular flexibility index (Phi) is 4.30. The second kappa shape index (κ2) is 8.01. The van der Waals surface area contributed by atoms with Gasteiger partial charge in [0.1, 0.15) is 0 Å². The molecule has 0 radical (unpaired) electrons. The van der Waals surface area contributed by atoms with E-state index in [0.29, 0.717) is 0 Å². The molecule has 40 heavy (non-hydrogen) atoms. The van der Waals surface area contributed by atoms with Crippen LogP contribution in [-0.2, 0) is 0 Å². The van der Waals surface area contributed by atoms with Crippen molar-refractivity contribution in [1.82, 2.24) is 0 Å². The Morgan fingerprint density at radius 3 is 0.675 bits per heavy atom. The third-order valence-electron chi connectivity index (χ3n) is 7.97. The first-order valence-electron chi connectivity index (χ1n) is 13.4. The van der Waals surface area contributed by atoms with Gasteiger partial charge in [0.15, 0.2) is 0 Å². The summed E-state index contributed by atoms with van der Waals surface area (Å²) in [5.41, 5.74) is 16.1. The van der Waals surface area contributed by atoms with Crippen LogP contribution in [0, 0.1) is 0 Å². The molecule has 8 bridgehead atoms. The van der Waals surface area contributed by atoms with Crippen molar-refractivity contribution >= 4 is 45.6 Å². The zero-order valence-electron chi connectivity index (χ0n) is 21.3. The molecule has 0 N–H and O–H groups in total. The predicted octanol–water partition coefficient (Wildman–Crippen LogP) is 7.38. The van der Waals surface area contributed by atoms with Crippen LogP contribution in [0.25, 0.3) is 22.8 Å². The number of aliphatic imine (C=N–C) groups is 4. The van der Waals surface area contributed by atoms with Crippen LogP contribution in [0.5, 0.6) is 0 Å². The lowest BCUT2D eigenvalue weighted by Crippen LogP contribution is -1.96. The van der Waals surface area contributed by atoms with Crippen molar-refractivity contribution in [1.29, 1.82) is 0 Å². The molecular weight excluding hydrogens is 488 g/mol. The highest BCUT2D eigenvalue weighted by Crippen LogP contribution is 2.38. The number of hydrogen-bond donors (Lipinski definition) is 0. The first-order valence-corrected chi connectivity index (χ1v) is 13.4. The molecule has 0 fully saturated rings. The average molecular weight is 509 g/mol. The van der Waals surface area contributed by atoms with E-state index in [4.69, 9.17) is 20.0 Å². The standard InChI is InChI=1S/C36H20N4/c1-2-10-22-21(9-1)29-17-31-23-11-3-4-12-24(23)33(38-31)19-35-27-15-7-8-16-28(27)36(40-35)20-34-26-14-6-5-13-25(26)32(39-34)18-30(22)37-29/h1-20H/b29-17-,30-18?,31-17?,32-18-,33-19-,34-20?,35-19?,36-20-. The molecular formula is C36H20N4. The normalized spacial score (nSPS) is 22.4. The van der Waals surface area contributed by atoms with E-state index in [0.717, 1.165) is 90.1 Å². The summed E-state index contributed by atoms with van der Waals surface area (Å²) in [6.45, 7) is 0. The van der Waals surface area contributed by atoms with E-state index < -0.39 is 0 Å². The Hall–Kier alpha value is -5.48. The predicted molar refractivity (Wildman–Crippen MR) is 164 cm³/mol. The van der Waals surface area contributed by atoms with Gasteiger partial charge in [0, 0.05) is 44.5 Å². The maximum atomic E-state index is 5.13. The van der Waals surface area contributed by atoms with Gasteiger partial charge < -0.3 is 0 Å². The third kappa shape index (κ3) is 3.07. The maximum Gasteiger partial charge on any atom is 0.0738 e. The van der Waals surface area contributed by atoms with Gasteiger partial charge in [0.05, 0.1) is 45.6 Å². The summed E-state index contributed by atoms with van der Waals surface area (Å²) < 4.78 is 0. The minimum atomic E-state index is 0.908. The largest absolute Gasteiger partial charge is 0.248 e. The van der Waals surface area contributed by atoms with Gasteiger partial charge in [-0.25, -0.2) is 20.0 Å². The van der Waals surface area contributed by atoms with Crippen LogP contribution in [0.3, 0.4) is 0 Å². The van der Waals surface area contributed by atoms with Gasteiger partial charge in [-0.05, 0) is 24.3 Å². The molecule has 0 atom stereocenters. The van der Waals surface area contributed by atoms with Gasteiger partial charge in [-0.1, -0.05) is 97.1 Å². The monoisotopic (exact) mass is 508 g/mol. The van der Waals surface area contributed by atoms with Gasteiger partial charge in [-0.15, -0.1) is 0 Å². The van der Waals surface area contributed by atoms with E-state index >= 15 is 0 Å². The van der Waals surface area contributed by atoms with Crippen LogP contribution in [0.4, 0.5) is 0 Å². The molecule has 0 aliphatic carbocycles. The van der Waals surface area contributed by atoms with E-state index in [2.05, 4.69) is 121 Å². The quantitative estimate of drug-likeness (QED) is 0.238. The molecule has 4 aromatic rings. The fourth-order valence-corrected chi connectivity index (χ4v) is 6.12. The molecule has 0 amide bonds. The van der Waals surface area contributed by atoms with Crippen LogP contribution in [0.1, 0.15) is 44.5 Å². The molecule has 5 aliphatic heterocycles. The number of hydrogen-bond acceptors (Lipinski definition) is 4. The zero-order valence-corrected chi connectivity index (χ0v) is 21.3. The SMILES string of the molecule is C1=C2N=C(/C=C3N=C(/C=C4N=C(/C=C5N=C/1c1ccccc1\5)c1ccccc1\4)c1ccccc1\3)c1ccccc1\2. The number of fused-ring (bicyclic) bond motifs is 16. The molecule has 0 spiro atoms. The molecule has 4 aromatic carbocycles. The summed E-state index contributed by atoms with van der Waals surface area (Å²) in [4.78, 5) is 20.5. The van der Waals surface area contributed by atoms with Crippen LogP contribution < -0.4 is 0 Å². The smallest absolute Gasteiger partial charge is 0.0738 e. The molecule has 5 aliphatic rings. The van der Waals surface area contributed by atoms with Gasteiger partial charge in [0.2, 0.25) is 0 Å². The fourth-order valence-electron chi connectivity index (χ4n) is 6.12. The van der Waals surface area contributed by atoms with Crippen LogP contribution in [0.2, 0.25) is 0 Å². The van der Waals surface area contributed by atoms with Crippen molar-refractivity contribution in [2.45, 2.75) is 0 Å². The Bertz CT molecular complexity index is 1770. The van der Waals surface area contributed by atoms with Crippen molar-refractivity contribution in [2.75, 3.05) is 0 Å². The third-order valence-corrected chi connectivity index (χ3v) is 7.97. The summed E-state index contributed by atoms with van der Waals surface area (Å²) in [5.74, 6) is 0. The van der Waals surface area contributed by atoms with E-state index in [9.17, 15) is 0 Å². The first kappa shape index (κ1) is 21.5. The minimum absolute atomic E-state index is 0.908. The van der Waals surface area contributed by atoms with Crippen LogP contribution >= 0.6 is 0 Å². The molecule has 4 nitrogen and oxygen atoms in total. The average Bonchev–Trinajstić information content (AvgIpc) is 3.73. The lowest BCUT2D eigenvalue weighted by Gasteiger charge is -2.02. The van der Waals surface area contributed by atoms with Gasteiger partial charge in [0.25, 0.3) is 0 Å². The molecule has 0 aromatic heterocycles. The molecule has 5 heterocycles. The van der Waals surface area contributed by atoms with E-state index in [1.54, 1.807) is 0 Å². The highest BCUT2D eigenvalue weighted by molar-refractivity contribution is 6.29. The summed E-state index contributed by atoms with van der Waals surface area (Å²) >= 11 is 0. The number of rotatable bonds is 0. The molecule has 184 valence electrons. The maximum absolute atomic E-state index is 5.13. The number of benzene rings is 4. The molecule has 9 rings (SSSR count). The van der Waals surface area contributed by atoms with Crippen molar-refractivity contribution < 1.29 is 0 Å². The molecule has 0 saturated heterocycles. The Morgan fingerprint density at radius 2 is 0.450 bits per heavy atom. The van der Waals surface area contributed by atoms with Crippen molar-refractivity contribution in [3.05, 3.63) is 166 Å². The van der Waals surface area contributed by atoms with E-state index in [-0.39, 0.29) is 0 Å². The summed E-state index contributed by atoms with van der Waals surface area (Å²) in [5, 5.41) is 0. The first-order chi connectivity index (χ1) is 19.8. The number of allylic oxidation sites excluding steroid dienone is 4. The van der Waals surface area contributed by atoms with Gasteiger partial charge >= 0.3 is 0 Å². The second-order valence-electron chi connectivity index (χ2n) is 10.3. The van der Waals surface area contributed by atoms with Crippen molar-refractivity contribution in [3.8, 4) is 0 Å². The molecule has 0 unspecified atom stereocenters. The highest BCUT2D eigenvalue weighted by Gasteiger charge is 2.28. The summed E-state index contributed by atoms with van der Waals surface area (Å²) in [6.07, 6.45) is 8.46. The second-order valence-corrected chi connectivity index (χ2v) is 10.3. The van der Waals surface area contributed by atoms with Crippen molar-refractivity contribution in [2.24, 2.45) is 20.0 Å². The minimum Gasteiger partial charge on any atom is -0.248 e. The van der Waals surface area contributed by atoms with E-state index in [1.165, 1.54) is 0 Å². The van der Waals surface area contributed by atoms with Crippen LogP contribution in [0.15, 0.2) is 141 Å². The number of nitrogens with zero attached hydrogens (tertiary/aromatic N) is 4. The zero-order chi connectivity index (χ0) is 26.2. The Labute approximate surface area is 231 Å². The lowest BCUT2D eigenvalue weighted by molar-refractivity contribution is 1.56. The lowest BCUT2D eigenvalue weighted by atomic mass is 9.98. The topological polar surface area (TPSA) is 49.4 Å². The van der Waals surface area contributed by atoms with Gasteiger partial charge in [-0.2, -0.15) is 0 Å². The fraction of sp³-hybridized carbons (Fsp3) is 0.